The van der Waals surface area contributed by atoms with Gasteiger partial charge < -0.3 is 9.64 Å². The summed E-state index contributed by atoms with van der Waals surface area (Å²) in [6.45, 7) is 4.45. The minimum atomic E-state index is 0.669. The monoisotopic (exact) mass is 301 g/mol. The summed E-state index contributed by atoms with van der Waals surface area (Å²) >= 11 is 1.87. The summed E-state index contributed by atoms with van der Waals surface area (Å²) in [5.74, 6) is 1.66. The summed E-state index contributed by atoms with van der Waals surface area (Å²) in [4.78, 5) is 4.10. The molecule has 0 aliphatic carbocycles. The fourth-order valence-corrected chi connectivity index (χ4v) is 3.64. The Morgan fingerprint density at radius 1 is 1.14 bits per heavy atom. The van der Waals surface area contributed by atoms with E-state index in [2.05, 4.69) is 22.4 Å². The second-order valence-corrected chi connectivity index (χ2v) is 6.79. The Bertz CT molecular complexity index is 511. The van der Waals surface area contributed by atoms with Gasteiger partial charge in [-0.1, -0.05) is 24.3 Å². The molecule has 0 amide bonds. The Morgan fingerprint density at radius 3 is 2.86 bits per heavy atom. The van der Waals surface area contributed by atoms with Crippen molar-refractivity contribution in [3.63, 3.8) is 0 Å². The fraction of sp³-hybridized carbons (Fsp3) is 0.444. The first-order chi connectivity index (χ1) is 10.4. The second-order valence-electron chi connectivity index (χ2n) is 5.76. The third-order valence-electron chi connectivity index (χ3n) is 4.09. The molecule has 1 fully saturated rings. The van der Waals surface area contributed by atoms with Crippen LogP contribution in [-0.2, 0) is 6.42 Å². The average molecular weight is 301 g/mol. The minimum absolute atomic E-state index is 0.669. The van der Waals surface area contributed by atoms with Gasteiger partial charge in [-0.25, -0.2) is 0 Å². The van der Waals surface area contributed by atoms with E-state index in [9.17, 15) is 0 Å². The van der Waals surface area contributed by atoms with E-state index in [-0.39, 0.29) is 0 Å². The number of hydrogen-bond acceptors (Lipinski definition) is 3. The first-order valence-electron chi connectivity index (χ1n) is 7.83. The first kappa shape index (κ1) is 14.6. The summed E-state index contributed by atoms with van der Waals surface area (Å²) in [6, 6.07) is 14.6. The predicted octanol–water partition coefficient (Wildman–Crippen LogP) is 4.08. The van der Waals surface area contributed by atoms with Gasteiger partial charge in [0.15, 0.2) is 0 Å². The van der Waals surface area contributed by atoms with Crippen LogP contribution in [0.4, 0.5) is 0 Å². The van der Waals surface area contributed by atoms with Crippen molar-refractivity contribution in [2.75, 3.05) is 26.2 Å². The summed E-state index contributed by atoms with van der Waals surface area (Å²) < 4.78 is 5.92. The quantitative estimate of drug-likeness (QED) is 0.797. The number of rotatable bonds is 6. The molecule has 0 spiro atoms. The lowest BCUT2D eigenvalue weighted by Crippen LogP contribution is -2.38. The van der Waals surface area contributed by atoms with Crippen LogP contribution in [0.1, 0.15) is 17.7 Å². The first-order valence-corrected chi connectivity index (χ1v) is 8.71. The molecule has 1 aromatic carbocycles. The maximum absolute atomic E-state index is 5.92. The smallest absolute Gasteiger partial charge is 0.119 e. The lowest BCUT2D eigenvalue weighted by Gasteiger charge is -2.32. The molecule has 21 heavy (non-hydrogen) atoms. The summed E-state index contributed by atoms with van der Waals surface area (Å²) in [5.41, 5.74) is 0. The third-order valence-corrected chi connectivity index (χ3v) is 5.02. The lowest BCUT2D eigenvalue weighted by atomic mass is 9.99. The molecular formula is C18H23NOS. The topological polar surface area (TPSA) is 12.5 Å². The zero-order valence-corrected chi connectivity index (χ0v) is 13.2. The molecule has 1 aliphatic rings. The normalized spacial score (nSPS) is 19.5. The number of piperidine rings is 1. The maximum Gasteiger partial charge on any atom is 0.119 e. The van der Waals surface area contributed by atoms with Gasteiger partial charge >= 0.3 is 0 Å². The van der Waals surface area contributed by atoms with Gasteiger partial charge in [0.25, 0.3) is 0 Å². The number of thiophene rings is 1. The molecule has 0 bridgehead atoms. The molecule has 2 heterocycles. The van der Waals surface area contributed by atoms with Crippen LogP contribution in [-0.4, -0.2) is 31.1 Å². The molecule has 1 saturated heterocycles. The van der Waals surface area contributed by atoms with E-state index in [1.807, 2.05) is 41.7 Å². The number of nitrogens with zero attached hydrogens (tertiary/aromatic N) is 1. The number of para-hydroxylation sites is 1. The van der Waals surface area contributed by atoms with E-state index in [1.165, 1.54) is 43.8 Å². The fourth-order valence-electron chi connectivity index (χ4n) is 2.94. The highest BCUT2D eigenvalue weighted by atomic mass is 32.1. The van der Waals surface area contributed by atoms with Crippen molar-refractivity contribution in [1.29, 1.82) is 0 Å². The molecule has 0 saturated carbocycles. The van der Waals surface area contributed by atoms with E-state index < -0.39 is 0 Å². The molecular weight excluding hydrogens is 278 g/mol. The highest BCUT2D eigenvalue weighted by Crippen LogP contribution is 2.19. The molecule has 1 atom stereocenters. The zero-order chi connectivity index (χ0) is 14.3. The van der Waals surface area contributed by atoms with Gasteiger partial charge in [0, 0.05) is 23.9 Å². The Balaban J connectivity index is 1.42. The van der Waals surface area contributed by atoms with E-state index in [0.717, 1.165) is 12.4 Å². The third kappa shape index (κ3) is 4.58. The van der Waals surface area contributed by atoms with E-state index in [1.54, 1.807) is 0 Å². The Morgan fingerprint density at radius 2 is 2.05 bits per heavy atom. The van der Waals surface area contributed by atoms with Crippen LogP contribution in [0.15, 0.2) is 47.8 Å². The predicted molar refractivity (Wildman–Crippen MR) is 89.1 cm³/mol. The summed E-state index contributed by atoms with van der Waals surface area (Å²) in [5, 5.41) is 2.17. The van der Waals surface area contributed by atoms with Crippen molar-refractivity contribution in [2.24, 2.45) is 5.92 Å². The molecule has 112 valence electrons. The van der Waals surface area contributed by atoms with Crippen LogP contribution in [0.5, 0.6) is 5.75 Å². The number of likely N-dealkylation sites (tertiary alicyclic amines) is 1. The number of benzene rings is 1. The van der Waals surface area contributed by atoms with Crippen molar-refractivity contribution < 1.29 is 4.74 Å². The van der Waals surface area contributed by atoms with Crippen molar-refractivity contribution in [3.05, 3.63) is 52.7 Å². The Hall–Kier alpha value is -1.32. The summed E-state index contributed by atoms with van der Waals surface area (Å²) in [7, 11) is 0. The van der Waals surface area contributed by atoms with Crippen LogP contribution < -0.4 is 4.74 Å². The summed E-state index contributed by atoms with van der Waals surface area (Å²) in [6.07, 6.45) is 3.78. The van der Waals surface area contributed by atoms with E-state index >= 15 is 0 Å². The van der Waals surface area contributed by atoms with E-state index in [4.69, 9.17) is 4.74 Å². The van der Waals surface area contributed by atoms with Crippen LogP contribution in [0.3, 0.4) is 0 Å². The molecule has 0 radical (unpaired) electrons. The van der Waals surface area contributed by atoms with Crippen LogP contribution in [0, 0.1) is 5.92 Å². The molecule has 1 aromatic heterocycles. The molecule has 3 heteroatoms. The average Bonchev–Trinajstić information content (AvgIpc) is 3.06. The SMILES string of the molecule is c1ccc(OCC2CCCN(CCc3cccs3)C2)cc1. The van der Waals surface area contributed by atoms with Crippen LogP contribution >= 0.6 is 11.3 Å². The second kappa shape index (κ2) is 7.62. The standard InChI is InChI=1S/C18H23NOS/c1-2-7-17(8-3-1)20-15-16-6-4-11-19(14-16)12-10-18-9-5-13-21-18/h1-3,5,7-9,13,16H,4,6,10-12,14-15H2. The highest BCUT2D eigenvalue weighted by Gasteiger charge is 2.20. The van der Waals surface area contributed by atoms with Gasteiger partial charge in [0.1, 0.15) is 5.75 Å². The van der Waals surface area contributed by atoms with Gasteiger partial charge in [-0.05, 0) is 49.4 Å². The Labute approximate surface area is 131 Å². The van der Waals surface area contributed by atoms with Crippen molar-refractivity contribution in [3.8, 4) is 5.75 Å². The number of hydrogen-bond donors (Lipinski definition) is 0. The van der Waals surface area contributed by atoms with Gasteiger partial charge in [-0.3, -0.25) is 0 Å². The molecule has 1 aliphatic heterocycles. The number of ether oxygens (including phenoxy) is 1. The molecule has 3 rings (SSSR count). The largest absolute Gasteiger partial charge is 0.493 e. The minimum Gasteiger partial charge on any atom is -0.493 e. The molecule has 1 unspecified atom stereocenters. The van der Waals surface area contributed by atoms with Gasteiger partial charge in [0.05, 0.1) is 6.61 Å². The van der Waals surface area contributed by atoms with E-state index in [0.29, 0.717) is 5.92 Å². The lowest BCUT2D eigenvalue weighted by molar-refractivity contribution is 0.131. The van der Waals surface area contributed by atoms with Crippen LogP contribution in [0.25, 0.3) is 0 Å². The van der Waals surface area contributed by atoms with Gasteiger partial charge in [-0.2, -0.15) is 0 Å². The van der Waals surface area contributed by atoms with Crippen molar-refractivity contribution in [1.82, 2.24) is 4.90 Å². The van der Waals surface area contributed by atoms with Gasteiger partial charge in [0.2, 0.25) is 0 Å². The van der Waals surface area contributed by atoms with Crippen LogP contribution in [0.2, 0.25) is 0 Å². The van der Waals surface area contributed by atoms with Gasteiger partial charge in [-0.15, -0.1) is 11.3 Å². The highest BCUT2D eigenvalue weighted by molar-refractivity contribution is 7.09. The maximum atomic E-state index is 5.92. The molecule has 2 aromatic rings. The van der Waals surface area contributed by atoms with Crippen molar-refractivity contribution in [2.45, 2.75) is 19.3 Å². The van der Waals surface area contributed by atoms with Crippen molar-refractivity contribution >= 4 is 11.3 Å². The molecule has 0 N–H and O–H groups in total. The molecule has 2 nitrogen and oxygen atoms in total. The zero-order valence-electron chi connectivity index (χ0n) is 12.4. The Kier molecular flexibility index (Phi) is 5.30.